The molecule has 90 valence electrons. The minimum Gasteiger partial charge on any atom is -0.394 e. The zero-order valence-corrected chi connectivity index (χ0v) is 9.26. The van der Waals surface area contributed by atoms with Gasteiger partial charge in [0, 0.05) is 13.2 Å². The third-order valence-electron chi connectivity index (χ3n) is 2.41. The molecule has 0 spiro atoms. The quantitative estimate of drug-likeness (QED) is 0.612. The molecule has 0 aliphatic carbocycles. The van der Waals surface area contributed by atoms with E-state index < -0.39 is 12.2 Å². The van der Waals surface area contributed by atoms with Crippen LogP contribution in [0.1, 0.15) is 20.3 Å². The summed E-state index contributed by atoms with van der Waals surface area (Å²) in [4.78, 5) is 0. The van der Waals surface area contributed by atoms with Crippen molar-refractivity contribution in [3.8, 4) is 0 Å². The molecule has 1 fully saturated rings. The highest BCUT2D eigenvalue weighted by atomic mass is 16.7. The Kier molecular flexibility index (Phi) is 5.49. The average Bonchev–Trinajstić information content (AvgIpc) is 2.65. The van der Waals surface area contributed by atoms with Crippen LogP contribution < -0.4 is 0 Å². The van der Waals surface area contributed by atoms with Crippen molar-refractivity contribution in [1.29, 1.82) is 0 Å². The molecule has 0 bridgehead atoms. The van der Waals surface area contributed by atoms with Crippen LogP contribution in [0.4, 0.5) is 0 Å². The van der Waals surface area contributed by atoms with Gasteiger partial charge in [0.15, 0.2) is 6.29 Å². The van der Waals surface area contributed by atoms with Crippen LogP contribution in [0.5, 0.6) is 0 Å². The SMILES string of the molecule is CCOC(C)O[C@@H]1CCOC1C(O)CO. The Balaban J connectivity index is 2.39. The van der Waals surface area contributed by atoms with Gasteiger partial charge in [-0.1, -0.05) is 0 Å². The Bertz CT molecular complexity index is 175. The van der Waals surface area contributed by atoms with Crippen LogP contribution in [0.3, 0.4) is 0 Å². The normalized spacial score (nSPS) is 30.4. The first-order chi connectivity index (χ1) is 7.19. The van der Waals surface area contributed by atoms with E-state index in [1.807, 2.05) is 13.8 Å². The molecule has 0 radical (unpaired) electrons. The van der Waals surface area contributed by atoms with Gasteiger partial charge < -0.3 is 24.4 Å². The lowest BCUT2D eigenvalue weighted by atomic mass is 10.1. The van der Waals surface area contributed by atoms with Crippen molar-refractivity contribution in [2.24, 2.45) is 0 Å². The maximum atomic E-state index is 9.48. The molecular formula is C10H20O5. The minimum absolute atomic E-state index is 0.200. The highest BCUT2D eigenvalue weighted by molar-refractivity contribution is 4.83. The van der Waals surface area contributed by atoms with Crippen LogP contribution in [0.25, 0.3) is 0 Å². The molecule has 0 amide bonds. The number of aliphatic hydroxyl groups is 2. The maximum absolute atomic E-state index is 9.48. The molecule has 5 heteroatoms. The Labute approximate surface area is 89.9 Å². The Morgan fingerprint density at radius 2 is 2.27 bits per heavy atom. The third kappa shape index (κ3) is 3.70. The molecule has 2 N–H and O–H groups in total. The molecule has 0 aromatic heterocycles. The van der Waals surface area contributed by atoms with Gasteiger partial charge in [-0.05, 0) is 20.3 Å². The zero-order chi connectivity index (χ0) is 11.3. The van der Waals surface area contributed by atoms with Crippen LogP contribution in [-0.2, 0) is 14.2 Å². The lowest BCUT2D eigenvalue weighted by Gasteiger charge is -2.25. The highest BCUT2D eigenvalue weighted by Gasteiger charge is 2.35. The number of ether oxygens (including phenoxy) is 3. The molecule has 1 aliphatic heterocycles. The van der Waals surface area contributed by atoms with E-state index in [1.54, 1.807) is 0 Å². The summed E-state index contributed by atoms with van der Waals surface area (Å²) in [6, 6.07) is 0. The highest BCUT2D eigenvalue weighted by Crippen LogP contribution is 2.21. The van der Waals surface area contributed by atoms with E-state index in [0.717, 1.165) is 6.42 Å². The van der Waals surface area contributed by atoms with E-state index in [0.29, 0.717) is 13.2 Å². The standard InChI is InChI=1S/C10H20O5/c1-3-13-7(2)15-9-4-5-14-10(9)8(12)6-11/h7-12H,3-6H2,1-2H3/t7?,8?,9-,10?/m1/s1. The summed E-state index contributed by atoms with van der Waals surface area (Å²) in [6.07, 6.45) is -1.12. The van der Waals surface area contributed by atoms with Crippen molar-refractivity contribution in [2.45, 2.75) is 44.9 Å². The van der Waals surface area contributed by atoms with Crippen LogP contribution in [0.2, 0.25) is 0 Å². The molecule has 0 saturated carbocycles. The summed E-state index contributed by atoms with van der Waals surface area (Å²) in [6.45, 7) is 4.52. The van der Waals surface area contributed by atoms with Gasteiger partial charge >= 0.3 is 0 Å². The fourth-order valence-corrected chi connectivity index (χ4v) is 1.72. The maximum Gasteiger partial charge on any atom is 0.155 e. The van der Waals surface area contributed by atoms with Crippen LogP contribution in [-0.4, -0.2) is 54.6 Å². The second-order valence-corrected chi connectivity index (χ2v) is 3.57. The van der Waals surface area contributed by atoms with Gasteiger partial charge in [-0.15, -0.1) is 0 Å². The largest absolute Gasteiger partial charge is 0.394 e. The van der Waals surface area contributed by atoms with Gasteiger partial charge in [0.1, 0.15) is 12.2 Å². The Hall–Kier alpha value is -0.200. The van der Waals surface area contributed by atoms with Gasteiger partial charge in [0.05, 0.1) is 12.7 Å². The van der Waals surface area contributed by atoms with Crippen LogP contribution in [0, 0.1) is 0 Å². The summed E-state index contributed by atoms with van der Waals surface area (Å²) < 4.78 is 16.1. The van der Waals surface area contributed by atoms with Gasteiger partial charge in [-0.25, -0.2) is 0 Å². The Morgan fingerprint density at radius 3 is 2.87 bits per heavy atom. The summed E-state index contributed by atoms with van der Waals surface area (Å²) in [5, 5.41) is 18.3. The first-order valence-corrected chi connectivity index (χ1v) is 5.36. The molecule has 4 atom stereocenters. The van der Waals surface area contributed by atoms with Gasteiger partial charge in [0.25, 0.3) is 0 Å². The summed E-state index contributed by atoms with van der Waals surface area (Å²) in [5.41, 5.74) is 0. The monoisotopic (exact) mass is 220 g/mol. The van der Waals surface area contributed by atoms with Gasteiger partial charge in [0.2, 0.25) is 0 Å². The molecular weight excluding hydrogens is 200 g/mol. The van der Waals surface area contributed by atoms with Crippen LogP contribution in [0.15, 0.2) is 0 Å². The van der Waals surface area contributed by atoms with E-state index in [1.165, 1.54) is 0 Å². The van der Waals surface area contributed by atoms with E-state index in [9.17, 15) is 5.11 Å². The predicted molar refractivity (Wildman–Crippen MR) is 53.4 cm³/mol. The topological polar surface area (TPSA) is 68.2 Å². The smallest absolute Gasteiger partial charge is 0.155 e. The third-order valence-corrected chi connectivity index (χ3v) is 2.41. The van der Waals surface area contributed by atoms with Gasteiger partial charge in [-0.3, -0.25) is 0 Å². The molecule has 1 heterocycles. The second kappa shape index (κ2) is 6.40. The fourth-order valence-electron chi connectivity index (χ4n) is 1.72. The molecule has 15 heavy (non-hydrogen) atoms. The molecule has 5 nitrogen and oxygen atoms in total. The number of rotatable bonds is 6. The lowest BCUT2D eigenvalue weighted by molar-refractivity contribution is -0.181. The van der Waals surface area contributed by atoms with Crippen molar-refractivity contribution in [1.82, 2.24) is 0 Å². The molecule has 0 aromatic rings. The lowest BCUT2D eigenvalue weighted by Crippen LogP contribution is -2.40. The average molecular weight is 220 g/mol. The zero-order valence-electron chi connectivity index (χ0n) is 9.26. The number of hydrogen-bond donors (Lipinski definition) is 2. The van der Waals surface area contributed by atoms with Crippen molar-refractivity contribution in [2.75, 3.05) is 19.8 Å². The van der Waals surface area contributed by atoms with Crippen LogP contribution >= 0.6 is 0 Å². The number of hydrogen-bond acceptors (Lipinski definition) is 5. The fraction of sp³-hybridized carbons (Fsp3) is 1.00. The summed E-state index contributed by atoms with van der Waals surface area (Å²) in [5.74, 6) is 0. The molecule has 1 rings (SSSR count). The first-order valence-electron chi connectivity index (χ1n) is 5.36. The molecule has 1 aliphatic rings. The van der Waals surface area contributed by atoms with Crippen molar-refractivity contribution in [3.63, 3.8) is 0 Å². The first kappa shape index (κ1) is 12.9. The van der Waals surface area contributed by atoms with Crippen molar-refractivity contribution < 1.29 is 24.4 Å². The van der Waals surface area contributed by atoms with Crippen molar-refractivity contribution >= 4 is 0 Å². The Morgan fingerprint density at radius 1 is 1.53 bits per heavy atom. The predicted octanol–water partition coefficient (Wildman–Crippen LogP) is -0.104. The molecule has 3 unspecified atom stereocenters. The van der Waals surface area contributed by atoms with E-state index in [-0.39, 0.29) is 19.0 Å². The summed E-state index contributed by atoms with van der Waals surface area (Å²) in [7, 11) is 0. The second-order valence-electron chi connectivity index (χ2n) is 3.57. The van der Waals surface area contributed by atoms with E-state index in [4.69, 9.17) is 19.3 Å². The van der Waals surface area contributed by atoms with E-state index >= 15 is 0 Å². The minimum atomic E-state index is -0.883. The molecule has 1 saturated heterocycles. The van der Waals surface area contributed by atoms with Crippen molar-refractivity contribution in [3.05, 3.63) is 0 Å². The van der Waals surface area contributed by atoms with Gasteiger partial charge in [-0.2, -0.15) is 0 Å². The molecule has 0 aromatic carbocycles. The number of aliphatic hydroxyl groups excluding tert-OH is 2. The van der Waals surface area contributed by atoms with E-state index in [2.05, 4.69) is 0 Å². The summed E-state index contributed by atoms with van der Waals surface area (Å²) >= 11 is 0.